The van der Waals surface area contributed by atoms with Gasteiger partial charge in [-0.3, -0.25) is 23.6 Å². The number of ketones is 1. The van der Waals surface area contributed by atoms with E-state index in [0.717, 1.165) is 24.1 Å². The van der Waals surface area contributed by atoms with Crippen LogP contribution in [-0.4, -0.2) is 42.5 Å². The van der Waals surface area contributed by atoms with Crippen molar-refractivity contribution in [2.75, 3.05) is 13.1 Å². The number of nitrogens with zero attached hydrogens (tertiary/aromatic N) is 5. The third kappa shape index (κ3) is 3.02. The summed E-state index contributed by atoms with van der Waals surface area (Å²) in [4.78, 5) is 44.0. The monoisotopic (exact) mass is 361 g/mol. The van der Waals surface area contributed by atoms with Gasteiger partial charge in [0.2, 0.25) is 0 Å². The quantitative estimate of drug-likeness (QED) is 0.805. The van der Waals surface area contributed by atoms with Crippen molar-refractivity contribution in [3.8, 4) is 0 Å². The molecule has 3 heterocycles. The highest BCUT2D eigenvalue weighted by atomic mass is 16.2. The number of aromatic nitrogens is 4. The average molecular weight is 361 g/mol. The van der Waals surface area contributed by atoms with Crippen LogP contribution in [0.5, 0.6) is 0 Å². The van der Waals surface area contributed by atoms with Crippen LogP contribution in [0.3, 0.4) is 0 Å². The molecule has 1 aliphatic heterocycles. The molecule has 3 rings (SSSR count). The number of carbonyl (C=O) groups is 1. The van der Waals surface area contributed by atoms with E-state index in [4.69, 9.17) is 0 Å². The molecule has 0 bridgehead atoms. The van der Waals surface area contributed by atoms with Crippen LogP contribution in [-0.2, 0) is 25.4 Å². The lowest BCUT2D eigenvalue weighted by Crippen LogP contribution is -2.38. The first-order chi connectivity index (χ1) is 12.2. The summed E-state index contributed by atoms with van der Waals surface area (Å²) in [6.07, 6.45) is 2.34. The Morgan fingerprint density at radius 2 is 1.96 bits per heavy atom. The minimum atomic E-state index is -0.512. The number of piperidine rings is 1. The zero-order valence-electron chi connectivity index (χ0n) is 16.2. The van der Waals surface area contributed by atoms with E-state index >= 15 is 0 Å². The highest BCUT2D eigenvalue weighted by Crippen LogP contribution is 2.22. The van der Waals surface area contributed by atoms with Crippen molar-refractivity contribution in [2.24, 2.45) is 20.0 Å². The molecule has 0 spiro atoms. The van der Waals surface area contributed by atoms with Crippen LogP contribution in [0.2, 0.25) is 0 Å². The fourth-order valence-corrected chi connectivity index (χ4v) is 3.80. The van der Waals surface area contributed by atoms with Crippen molar-refractivity contribution in [2.45, 2.75) is 46.2 Å². The van der Waals surface area contributed by atoms with E-state index < -0.39 is 17.3 Å². The number of hydrogen-bond donors (Lipinski definition) is 0. The molecule has 1 aliphatic rings. The van der Waals surface area contributed by atoms with Gasteiger partial charge in [0.1, 0.15) is 5.82 Å². The van der Waals surface area contributed by atoms with E-state index in [1.807, 2.05) is 0 Å². The Morgan fingerprint density at radius 3 is 2.58 bits per heavy atom. The lowest BCUT2D eigenvalue weighted by molar-refractivity contribution is -0.119. The van der Waals surface area contributed by atoms with Crippen LogP contribution in [0.25, 0.3) is 11.2 Å². The first-order valence-corrected chi connectivity index (χ1v) is 9.12. The molecule has 142 valence electrons. The minimum Gasteiger partial charge on any atom is -0.311 e. The molecule has 2 aromatic rings. The fourth-order valence-electron chi connectivity index (χ4n) is 3.80. The van der Waals surface area contributed by atoms with Gasteiger partial charge in [-0.2, -0.15) is 0 Å². The van der Waals surface area contributed by atoms with Crippen molar-refractivity contribution in [3.63, 3.8) is 0 Å². The standard InChI is InChI=1S/C18H27N5O3/c1-11-7-6-8-22(9-11)10-14-19-16-15(23(14)12(2)13(3)24)17(25)21(5)18(26)20(16)4/h11-12H,6-10H2,1-5H3. The van der Waals surface area contributed by atoms with Gasteiger partial charge in [0.05, 0.1) is 12.6 Å². The lowest BCUT2D eigenvalue weighted by Gasteiger charge is -2.30. The highest BCUT2D eigenvalue weighted by molar-refractivity contribution is 5.82. The summed E-state index contributed by atoms with van der Waals surface area (Å²) in [6.45, 7) is 8.01. The summed E-state index contributed by atoms with van der Waals surface area (Å²) in [7, 11) is 3.05. The summed E-state index contributed by atoms with van der Waals surface area (Å²) in [5, 5.41) is 0. The second kappa shape index (κ2) is 6.83. The van der Waals surface area contributed by atoms with Gasteiger partial charge in [-0.1, -0.05) is 6.92 Å². The molecule has 8 nitrogen and oxygen atoms in total. The second-order valence-electron chi connectivity index (χ2n) is 7.55. The van der Waals surface area contributed by atoms with E-state index in [1.54, 1.807) is 18.5 Å². The van der Waals surface area contributed by atoms with E-state index in [2.05, 4.69) is 16.8 Å². The predicted molar refractivity (Wildman–Crippen MR) is 99.3 cm³/mol. The number of likely N-dealkylation sites (tertiary alicyclic amines) is 1. The van der Waals surface area contributed by atoms with Gasteiger partial charge in [-0.25, -0.2) is 9.78 Å². The van der Waals surface area contributed by atoms with Gasteiger partial charge < -0.3 is 4.57 Å². The molecule has 1 saturated heterocycles. The zero-order valence-corrected chi connectivity index (χ0v) is 16.2. The third-order valence-electron chi connectivity index (χ3n) is 5.45. The van der Waals surface area contributed by atoms with Gasteiger partial charge in [0, 0.05) is 20.6 Å². The number of hydrogen-bond acceptors (Lipinski definition) is 5. The SMILES string of the molecule is CC(=O)C(C)n1c(CN2CCCC(C)C2)nc2c1c(=O)n(C)c(=O)n2C. The second-order valence-corrected chi connectivity index (χ2v) is 7.55. The molecule has 1 fully saturated rings. The number of rotatable bonds is 4. The van der Waals surface area contributed by atoms with Gasteiger partial charge in [0.15, 0.2) is 16.9 Å². The molecule has 8 heteroatoms. The molecular weight excluding hydrogens is 334 g/mol. The number of aryl methyl sites for hydroxylation is 1. The van der Waals surface area contributed by atoms with Crippen LogP contribution >= 0.6 is 0 Å². The Morgan fingerprint density at radius 1 is 1.27 bits per heavy atom. The van der Waals surface area contributed by atoms with E-state index in [9.17, 15) is 14.4 Å². The van der Waals surface area contributed by atoms with Crippen molar-refractivity contribution in [3.05, 3.63) is 26.7 Å². The molecule has 0 N–H and O–H groups in total. The Hall–Kier alpha value is -2.22. The maximum atomic E-state index is 12.8. The maximum Gasteiger partial charge on any atom is 0.332 e. The van der Waals surface area contributed by atoms with Crippen LogP contribution in [0.1, 0.15) is 45.5 Å². The van der Waals surface area contributed by atoms with Crippen LogP contribution < -0.4 is 11.2 Å². The Bertz CT molecular complexity index is 968. The average Bonchev–Trinajstić information content (AvgIpc) is 2.96. The van der Waals surface area contributed by atoms with E-state index in [-0.39, 0.29) is 5.78 Å². The fraction of sp³-hybridized carbons (Fsp3) is 0.667. The Labute approximate surface area is 152 Å². The summed E-state index contributed by atoms with van der Waals surface area (Å²) >= 11 is 0. The Kier molecular flexibility index (Phi) is 4.88. The summed E-state index contributed by atoms with van der Waals surface area (Å²) in [5.74, 6) is 1.23. The Balaban J connectivity index is 2.21. The number of fused-ring (bicyclic) bond motifs is 1. The summed E-state index contributed by atoms with van der Waals surface area (Å²) in [6, 6.07) is -0.512. The predicted octanol–water partition coefficient (Wildman–Crippen LogP) is 0.816. The van der Waals surface area contributed by atoms with Crippen molar-refractivity contribution in [1.29, 1.82) is 0 Å². The first-order valence-electron chi connectivity index (χ1n) is 9.12. The number of imidazole rings is 1. The summed E-state index contributed by atoms with van der Waals surface area (Å²) < 4.78 is 4.17. The molecule has 0 amide bonds. The smallest absolute Gasteiger partial charge is 0.311 e. The van der Waals surface area contributed by atoms with Gasteiger partial charge in [-0.15, -0.1) is 0 Å². The van der Waals surface area contributed by atoms with Gasteiger partial charge >= 0.3 is 5.69 Å². The normalized spacial score (nSPS) is 19.8. The van der Waals surface area contributed by atoms with Crippen LogP contribution in [0, 0.1) is 5.92 Å². The van der Waals surface area contributed by atoms with Gasteiger partial charge in [0.25, 0.3) is 5.56 Å². The minimum absolute atomic E-state index is 0.0477. The van der Waals surface area contributed by atoms with Crippen molar-refractivity contribution >= 4 is 16.9 Å². The first kappa shape index (κ1) is 18.6. The topological polar surface area (TPSA) is 82.1 Å². The molecular formula is C18H27N5O3. The molecule has 0 saturated carbocycles. The maximum absolute atomic E-state index is 12.8. The van der Waals surface area contributed by atoms with E-state index in [1.165, 1.54) is 25.0 Å². The van der Waals surface area contributed by atoms with E-state index in [0.29, 0.717) is 29.5 Å². The van der Waals surface area contributed by atoms with Gasteiger partial charge in [-0.05, 0) is 39.2 Å². The molecule has 26 heavy (non-hydrogen) atoms. The lowest BCUT2D eigenvalue weighted by atomic mass is 10.0. The van der Waals surface area contributed by atoms with Crippen molar-refractivity contribution in [1.82, 2.24) is 23.6 Å². The van der Waals surface area contributed by atoms with Crippen molar-refractivity contribution < 1.29 is 4.79 Å². The number of Topliss-reactive ketones (excluding diaryl/α,β-unsaturated/α-hetero) is 1. The highest BCUT2D eigenvalue weighted by Gasteiger charge is 2.26. The summed E-state index contributed by atoms with van der Waals surface area (Å²) in [5.41, 5.74) is -0.175. The third-order valence-corrected chi connectivity index (χ3v) is 5.45. The molecule has 0 aliphatic carbocycles. The van der Waals surface area contributed by atoms with Crippen LogP contribution in [0.4, 0.5) is 0 Å². The largest absolute Gasteiger partial charge is 0.332 e. The molecule has 2 unspecified atom stereocenters. The molecule has 0 radical (unpaired) electrons. The zero-order chi connectivity index (χ0) is 19.2. The van der Waals surface area contributed by atoms with Crippen LogP contribution in [0.15, 0.2) is 9.59 Å². The molecule has 0 aromatic carbocycles. The number of carbonyl (C=O) groups excluding carboxylic acids is 1. The molecule has 2 aromatic heterocycles. The molecule has 2 atom stereocenters.